The molecule has 1 saturated carbocycles. The van der Waals surface area contributed by atoms with E-state index < -0.39 is 6.10 Å². The third-order valence-corrected chi connectivity index (χ3v) is 5.38. The predicted octanol–water partition coefficient (Wildman–Crippen LogP) is 3.13. The van der Waals surface area contributed by atoms with Gasteiger partial charge in [-0.25, -0.2) is 0 Å². The SMILES string of the molecule is CCNC(=NCC1(CCOCC)CCCC1)NCC(O)Cc1ccccc1. The van der Waals surface area contributed by atoms with Crippen LogP contribution in [0.15, 0.2) is 35.3 Å². The Kier molecular flexibility index (Phi) is 9.64. The average molecular weight is 376 g/mol. The molecular formula is C22H37N3O2. The summed E-state index contributed by atoms with van der Waals surface area (Å²) in [7, 11) is 0. The number of aliphatic imine (C=N–C) groups is 1. The first-order valence-corrected chi connectivity index (χ1v) is 10.5. The van der Waals surface area contributed by atoms with Crippen LogP contribution in [0, 0.1) is 5.41 Å². The van der Waals surface area contributed by atoms with Gasteiger partial charge < -0.3 is 20.5 Å². The van der Waals surface area contributed by atoms with Gasteiger partial charge in [0, 0.05) is 39.3 Å². The van der Waals surface area contributed by atoms with Gasteiger partial charge in [0.1, 0.15) is 0 Å². The number of rotatable bonds is 11. The molecule has 0 saturated heterocycles. The number of nitrogens with zero attached hydrogens (tertiary/aromatic N) is 1. The summed E-state index contributed by atoms with van der Waals surface area (Å²) in [6.07, 6.45) is 6.35. The third kappa shape index (κ3) is 7.89. The maximum atomic E-state index is 10.3. The molecule has 27 heavy (non-hydrogen) atoms. The van der Waals surface area contributed by atoms with Crippen LogP contribution in [0.1, 0.15) is 51.5 Å². The summed E-state index contributed by atoms with van der Waals surface area (Å²) < 4.78 is 5.60. The fourth-order valence-corrected chi connectivity index (χ4v) is 3.81. The van der Waals surface area contributed by atoms with Gasteiger partial charge in [-0.15, -0.1) is 0 Å². The van der Waals surface area contributed by atoms with E-state index in [1.807, 2.05) is 37.3 Å². The molecule has 0 aliphatic heterocycles. The molecule has 1 aliphatic rings. The summed E-state index contributed by atoms with van der Waals surface area (Å²) >= 11 is 0. The van der Waals surface area contributed by atoms with Crippen molar-refractivity contribution in [3.8, 4) is 0 Å². The Bertz CT molecular complexity index is 542. The zero-order valence-electron chi connectivity index (χ0n) is 17.0. The number of guanidine groups is 1. The highest BCUT2D eigenvalue weighted by Gasteiger charge is 2.33. The molecule has 2 rings (SSSR count). The second-order valence-electron chi connectivity index (χ2n) is 7.57. The number of ether oxygens (including phenoxy) is 1. The van der Waals surface area contributed by atoms with Gasteiger partial charge in [0.15, 0.2) is 5.96 Å². The normalized spacial score (nSPS) is 17.7. The Morgan fingerprint density at radius 2 is 1.93 bits per heavy atom. The highest BCUT2D eigenvalue weighted by atomic mass is 16.5. The summed E-state index contributed by atoms with van der Waals surface area (Å²) in [5, 5.41) is 16.9. The first kappa shape index (κ1) is 21.7. The Hall–Kier alpha value is -1.59. The van der Waals surface area contributed by atoms with Crippen molar-refractivity contribution in [1.82, 2.24) is 10.6 Å². The molecule has 0 spiro atoms. The average Bonchev–Trinajstić information content (AvgIpc) is 3.14. The Labute approximate surface area is 164 Å². The molecule has 0 heterocycles. The smallest absolute Gasteiger partial charge is 0.191 e. The second-order valence-corrected chi connectivity index (χ2v) is 7.57. The van der Waals surface area contributed by atoms with Crippen molar-refractivity contribution in [3.05, 3.63) is 35.9 Å². The van der Waals surface area contributed by atoms with Crippen LogP contribution >= 0.6 is 0 Å². The van der Waals surface area contributed by atoms with Gasteiger partial charge in [0.2, 0.25) is 0 Å². The Balaban J connectivity index is 1.86. The van der Waals surface area contributed by atoms with Gasteiger partial charge in [-0.05, 0) is 44.1 Å². The number of benzene rings is 1. The summed E-state index contributed by atoms with van der Waals surface area (Å²) in [5.41, 5.74) is 1.43. The lowest BCUT2D eigenvalue weighted by Crippen LogP contribution is -2.42. The van der Waals surface area contributed by atoms with Gasteiger partial charge in [-0.1, -0.05) is 43.2 Å². The molecule has 1 fully saturated rings. The molecule has 0 radical (unpaired) electrons. The van der Waals surface area contributed by atoms with Crippen LogP contribution in [0.3, 0.4) is 0 Å². The van der Waals surface area contributed by atoms with E-state index in [-0.39, 0.29) is 5.41 Å². The van der Waals surface area contributed by atoms with Crippen molar-refractivity contribution < 1.29 is 9.84 Å². The quantitative estimate of drug-likeness (QED) is 0.316. The van der Waals surface area contributed by atoms with E-state index in [9.17, 15) is 5.11 Å². The van der Waals surface area contributed by atoms with Crippen LogP contribution in [-0.4, -0.2) is 50.0 Å². The van der Waals surface area contributed by atoms with Crippen molar-refractivity contribution >= 4 is 5.96 Å². The van der Waals surface area contributed by atoms with E-state index in [1.165, 1.54) is 25.7 Å². The molecule has 5 nitrogen and oxygen atoms in total. The molecular weight excluding hydrogens is 338 g/mol. The lowest BCUT2D eigenvalue weighted by molar-refractivity contribution is 0.107. The molecule has 0 amide bonds. The molecule has 5 heteroatoms. The number of aliphatic hydroxyl groups is 1. The highest BCUT2D eigenvalue weighted by Crippen LogP contribution is 2.41. The number of hydrogen-bond donors (Lipinski definition) is 3. The summed E-state index contributed by atoms with van der Waals surface area (Å²) in [4.78, 5) is 4.85. The van der Waals surface area contributed by atoms with Gasteiger partial charge in [-0.3, -0.25) is 4.99 Å². The Morgan fingerprint density at radius 3 is 2.59 bits per heavy atom. The van der Waals surface area contributed by atoms with E-state index in [0.717, 1.165) is 44.2 Å². The van der Waals surface area contributed by atoms with Crippen molar-refractivity contribution in [1.29, 1.82) is 0 Å². The topological polar surface area (TPSA) is 65.9 Å². The van der Waals surface area contributed by atoms with Crippen LogP contribution in [0.4, 0.5) is 0 Å². The summed E-state index contributed by atoms with van der Waals surface area (Å²) in [6.45, 7) is 7.85. The molecule has 152 valence electrons. The van der Waals surface area contributed by atoms with Gasteiger partial charge in [-0.2, -0.15) is 0 Å². The Morgan fingerprint density at radius 1 is 1.19 bits per heavy atom. The number of hydrogen-bond acceptors (Lipinski definition) is 3. The number of aliphatic hydroxyl groups excluding tert-OH is 1. The maximum Gasteiger partial charge on any atom is 0.191 e. The minimum atomic E-state index is -0.436. The van der Waals surface area contributed by atoms with E-state index >= 15 is 0 Å². The molecule has 1 atom stereocenters. The fourth-order valence-electron chi connectivity index (χ4n) is 3.81. The highest BCUT2D eigenvalue weighted by molar-refractivity contribution is 5.79. The first-order valence-electron chi connectivity index (χ1n) is 10.5. The van der Waals surface area contributed by atoms with E-state index in [1.54, 1.807) is 0 Å². The summed E-state index contributed by atoms with van der Waals surface area (Å²) in [6, 6.07) is 10.1. The lowest BCUT2D eigenvalue weighted by Gasteiger charge is -2.27. The number of nitrogens with one attached hydrogen (secondary N) is 2. The zero-order valence-corrected chi connectivity index (χ0v) is 17.0. The van der Waals surface area contributed by atoms with Gasteiger partial charge in [0.05, 0.1) is 6.10 Å². The van der Waals surface area contributed by atoms with Crippen molar-refractivity contribution in [2.24, 2.45) is 10.4 Å². The molecule has 0 aromatic heterocycles. The first-order chi connectivity index (χ1) is 13.2. The predicted molar refractivity (Wildman–Crippen MR) is 112 cm³/mol. The fraction of sp³-hybridized carbons (Fsp3) is 0.682. The third-order valence-electron chi connectivity index (χ3n) is 5.38. The van der Waals surface area contributed by atoms with Crippen molar-refractivity contribution in [2.75, 3.05) is 32.8 Å². The second kappa shape index (κ2) is 12.0. The van der Waals surface area contributed by atoms with Crippen molar-refractivity contribution in [2.45, 2.75) is 58.5 Å². The zero-order chi connectivity index (χ0) is 19.4. The standard InChI is InChI=1S/C22H37N3O2/c1-3-23-21(24-17-20(26)16-19-10-6-5-7-11-19)25-18-22(12-8-9-13-22)14-15-27-4-2/h5-7,10-11,20,26H,3-4,8-9,12-18H2,1-2H3,(H2,23,24,25). The van der Waals surface area contributed by atoms with Crippen LogP contribution < -0.4 is 10.6 Å². The maximum absolute atomic E-state index is 10.3. The summed E-state index contributed by atoms with van der Waals surface area (Å²) in [5.74, 6) is 0.798. The van der Waals surface area contributed by atoms with Gasteiger partial charge >= 0.3 is 0 Å². The van der Waals surface area contributed by atoms with Crippen molar-refractivity contribution in [3.63, 3.8) is 0 Å². The monoisotopic (exact) mass is 375 g/mol. The molecule has 1 aliphatic carbocycles. The van der Waals surface area contributed by atoms with Crippen LogP contribution in [-0.2, 0) is 11.2 Å². The lowest BCUT2D eigenvalue weighted by atomic mass is 9.83. The van der Waals surface area contributed by atoms with Gasteiger partial charge in [0.25, 0.3) is 0 Å². The van der Waals surface area contributed by atoms with E-state index in [0.29, 0.717) is 13.0 Å². The van der Waals surface area contributed by atoms with E-state index in [2.05, 4.69) is 17.6 Å². The van der Waals surface area contributed by atoms with Crippen LogP contribution in [0.25, 0.3) is 0 Å². The van der Waals surface area contributed by atoms with Crippen LogP contribution in [0.2, 0.25) is 0 Å². The molecule has 3 N–H and O–H groups in total. The molecule has 1 aromatic rings. The molecule has 1 unspecified atom stereocenters. The largest absolute Gasteiger partial charge is 0.391 e. The molecule has 1 aromatic carbocycles. The van der Waals surface area contributed by atoms with E-state index in [4.69, 9.17) is 9.73 Å². The molecule has 0 bridgehead atoms. The van der Waals surface area contributed by atoms with Crippen LogP contribution in [0.5, 0.6) is 0 Å². The minimum Gasteiger partial charge on any atom is -0.391 e. The minimum absolute atomic E-state index is 0.278.